The van der Waals surface area contributed by atoms with Gasteiger partial charge in [0.25, 0.3) is 0 Å². The summed E-state index contributed by atoms with van der Waals surface area (Å²) in [5, 5.41) is 10.3. The number of nitrogens with zero attached hydrogens (tertiary/aromatic N) is 2. The summed E-state index contributed by atoms with van der Waals surface area (Å²) < 4.78 is 7.68. The summed E-state index contributed by atoms with van der Waals surface area (Å²) in [4.78, 5) is 7.48. The molecule has 44 heavy (non-hydrogen) atoms. The van der Waals surface area contributed by atoms with Gasteiger partial charge in [-0.3, -0.25) is 4.90 Å². The molecule has 0 N–H and O–H groups in total. The highest BCUT2D eigenvalue weighted by Crippen LogP contribution is 2.47. The molecule has 0 amide bonds. The van der Waals surface area contributed by atoms with Gasteiger partial charge in [-0.15, -0.1) is 34.0 Å². The van der Waals surface area contributed by atoms with E-state index < -0.39 is 0 Å². The van der Waals surface area contributed by atoms with Crippen molar-refractivity contribution in [3.05, 3.63) is 134 Å². The van der Waals surface area contributed by atoms with Gasteiger partial charge >= 0.3 is 0 Å². The van der Waals surface area contributed by atoms with E-state index in [1.54, 1.807) is 0 Å². The second-order valence-electron chi connectivity index (χ2n) is 11.2. The zero-order valence-corrected chi connectivity index (χ0v) is 25.8. The third kappa shape index (κ3) is 3.61. The number of benzene rings is 6. The van der Waals surface area contributed by atoms with Crippen LogP contribution in [0.3, 0.4) is 0 Å². The Labute approximate surface area is 264 Å². The van der Waals surface area contributed by atoms with Gasteiger partial charge in [0.15, 0.2) is 5.82 Å². The molecule has 0 unspecified atom stereocenters. The molecule has 0 aliphatic carbocycles. The molecule has 0 bridgehead atoms. The van der Waals surface area contributed by atoms with Crippen LogP contribution in [0.5, 0.6) is 0 Å². The van der Waals surface area contributed by atoms with Crippen molar-refractivity contribution in [1.82, 2.24) is 4.98 Å². The van der Waals surface area contributed by atoms with E-state index in [1.807, 2.05) is 40.2 Å². The maximum absolute atomic E-state index is 5.11. The Hall–Kier alpha value is -4.81. The molecule has 206 valence electrons. The molecule has 0 saturated heterocycles. The minimum atomic E-state index is 0.966. The molecule has 0 aliphatic heterocycles. The zero-order chi connectivity index (χ0) is 28.8. The molecule has 10 aromatic rings. The molecule has 0 atom stereocenters. The molecule has 0 radical (unpaired) electrons. The summed E-state index contributed by atoms with van der Waals surface area (Å²) >= 11 is 5.55. The van der Waals surface area contributed by atoms with Crippen molar-refractivity contribution in [2.45, 2.75) is 0 Å². The topological polar surface area (TPSA) is 16.1 Å². The van der Waals surface area contributed by atoms with Crippen LogP contribution in [-0.4, -0.2) is 4.98 Å². The second-order valence-corrected chi connectivity index (χ2v) is 14.4. The third-order valence-corrected chi connectivity index (χ3v) is 12.1. The average Bonchev–Trinajstić information content (AvgIpc) is 3.74. The Balaban J connectivity index is 1.26. The minimum absolute atomic E-state index is 0.966. The van der Waals surface area contributed by atoms with Gasteiger partial charge in [-0.1, -0.05) is 72.8 Å². The first-order chi connectivity index (χ1) is 21.8. The van der Waals surface area contributed by atoms with E-state index in [9.17, 15) is 0 Å². The Morgan fingerprint density at radius 2 is 0.955 bits per heavy atom. The largest absolute Gasteiger partial charge is 0.294 e. The van der Waals surface area contributed by atoms with Crippen LogP contribution in [-0.2, 0) is 0 Å². The summed E-state index contributed by atoms with van der Waals surface area (Å²) in [5.74, 6) is 0.966. The van der Waals surface area contributed by atoms with Crippen LogP contribution in [0.4, 0.5) is 17.2 Å². The van der Waals surface area contributed by atoms with E-state index in [0.29, 0.717) is 0 Å². The first kappa shape index (κ1) is 24.6. The van der Waals surface area contributed by atoms with Gasteiger partial charge in [0.2, 0.25) is 0 Å². The highest BCUT2D eigenvalue weighted by atomic mass is 32.1. The molecular weight excluding hydrogens is 593 g/mol. The zero-order valence-electron chi connectivity index (χ0n) is 23.3. The van der Waals surface area contributed by atoms with E-state index >= 15 is 0 Å². The predicted octanol–water partition coefficient (Wildman–Crippen LogP) is 12.8. The van der Waals surface area contributed by atoms with Gasteiger partial charge < -0.3 is 0 Å². The Bertz CT molecular complexity index is 2630. The van der Waals surface area contributed by atoms with Gasteiger partial charge in [0.05, 0.1) is 4.70 Å². The van der Waals surface area contributed by atoms with Gasteiger partial charge in [-0.25, -0.2) is 4.98 Å². The number of aromatic nitrogens is 1. The van der Waals surface area contributed by atoms with Crippen molar-refractivity contribution < 1.29 is 0 Å². The van der Waals surface area contributed by atoms with Gasteiger partial charge in [-0.2, -0.15) is 0 Å². The summed E-state index contributed by atoms with van der Waals surface area (Å²) in [7, 11) is 0. The molecule has 10 rings (SSSR count). The van der Waals surface area contributed by atoms with Crippen molar-refractivity contribution in [2.24, 2.45) is 0 Å². The summed E-state index contributed by atoms with van der Waals surface area (Å²) in [6.07, 6.45) is 1.97. The molecule has 4 heterocycles. The monoisotopic (exact) mass is 614 g/mol. The number of thiophene rings is 3. The Kier molecular flexibility index (Phi) is 5.23. The normalized spacial score (nSPS) is 12.1. The maximum atomic E-state index is 5.11. The lowest BCUT2D eigenvalue weighted by molar-refractivity contribution is 1.21. The van der Waals surface area contributed by atoms with Crippen LogP contribution in [0.15, 0.2) is 134 Å². The fraction of sp³-hybridized carbons (Fsp3) is 0. The van der Waals surface area contributed by atoms with E-state index in [2.05, 4.69) is 132 Å². The molecule has 5 heteroatoms. The first-order valence-electron chi connectivity index (χ1n) is 14.6. The lowest BCUT2D eigenvalue weighted by Crippen LogP contribution is -2.11. The molecule has 0 saturated carbocycles. The van der Waals surface area contributed by atoms with E-state index in [4.69, 9.17) is 4.98 Å². The number of fused-ring (bicyclic) bond motifs is 10. The minimum Gasteiger partial charge on any atom is -0.294 e. The molecule has 0 fully saturated rings. The van der Waals surface area contributed by atoms with Crippen LogP contribution in [0.1, 0.15) is 0 Å². The predicted molar refractivity (Wildman–Crippen MR) is 195 cm³/mol. The lowest BCUT2D eigenvalue weighted by atomic mass is 10.1. The highest BCUT2D eigenvalue weighted by molar-refractivity contribution is 7.27. The van der Waals surface area contributed by atoms with Gasteiger partial charge in [0, 0.05) is 73.4 Å². The maximum Gasteiger partial charge on any atom is 0.155 e. The van der Waals surface area contributed by atoms with Crippen LogP contribution in [0, 0.1) is 0 Å². The van der Waals surface area contributed by atoms with Crippen LogP contribution in [0.2, 0.25) is 0 Å². The van der Waals surface area contributed by atoms with Crippen molar-refractivity contribution in [3.63, 3.8) is 0 Å². The second kappa shape index (κ2) is 9.34. The number of anilines is 3. The van der Waals surface area contributed by atoms with Gasteiger partial charge in [0.1, 0.15) is 0 Å². The first-order valence-corrected chi connectivity index (χ1v) is 17.1. The van der Waals surface area contributed by atoms with Crippen LogP contribution >= 0.6 is 34.0 Å². The van der Waals surface area contributed by atoms with E-state index in [1.165, 1.54) is 71.3 Å². The molecular formula is C39H22N2S3. The number of hydrogen-bond donors (Lipinski definition) is 0. The standard InChI is InChI=1S/C39H22N2S3/c1-2-8-24-20-35-32(19-23(24)7-1)31-17-18-40-39(38(31)44-35)41(25-13-15-29-27-9-3-5-11-33(27)42-36(29)21-25)26-14-16-30-28-10-4-6-12-34(28)43-37(30)22-26/h1-22H. The summed E-state index contributed by atoms with van der Waals surface area (Å²) in [5.41, 5.74) is 2.24. The fourth-order valence-electron chi connectivity index (χ4n) is 6.63. The van der Waals surface area contributed by atoms with Crippen molar-refractivity contribution in [3.8, 4) is 0 Å². The fourth-order valence-corrected chi connectivity index (χ4v) is 10.1. The molecule has 4 aromatic heterocycles. The van der Waals surface area contributed by atoms with Gasteiger partial charge in [-0.05, 0) is 65.4 Å². The quantitative estimate of drug-likeness (QED) is 0.197. The highest BCUT2D eigenvalue weighted by Gasteiger charge is 2.21. The molecule has 6 aromatic carbocycles. The summed E-state index contributed by atoms with van der Waals surface area (Å²) in [6.45, 7) is 0. The number of hydrogen-bond acceptors (Lipinski definition) is 5. The van der Waals surface area contributed by atoms with E-state index in [-0.39, 0.29) is 0 Å². The van der Waals surface area contributed by atoms with Crippen LogP contribution in [0.25, 0.3) is 71.3 Å². The van der Waals surface area contributed by atoms with Crippen molar-refractivity contribution in [1.29, 1.82) is 0 Å². The molecule has 0 spiro atoms. The lowest BCUT2D eigenvalue weighted by Gasteiger charge is -2.25. The molecule has 2 nitrogen and oxygen atoms in total. The smallest absolute Gasteiger partial charge is 0.155 e. The Morgan fingerprint density at radius 3 is 1.61 bits per heavy atom. The van der Waals surface area contributed by atoms with Crippen molar-refractivity contribution >= 4 is 122 Å². The van der Waals surface area contributed by atoms with Crippen LogP contribution < -0.4 is 4.90 Å². The number of pyridine rings is 1. The third-order valence-electron chi connectivity index (χ3n) is 8.69. The molecule has 0 aliphatic rings. The average molecular weight is 615 g/mol. The van der Waals surface area contributed by atoms with E-state index in [0.717, 1.165) is 17.2 Å². The number of rotatable bonds is 3. The SMILES string of the molecule is c1ccc2cc3c(cc2c1)sc1c(N(c2ccc4c(c2)sc2ccccc24)c2ccc4c(c2)sc2ccccc24)nccc13. The summed E-state index contributed by atoms with van der Waals surface area (Å²) in [6, 6.07) is 46.7. The van der Waals surface area contributed by atoms with Crippen molar-refractivity contribution in [2.75, 3.05) is 4.90 Å². The Morgan fingerprint density at radius 1 is 0.409 bits per heavy atom.